The zero-order valence-electron chi connectivity index (χ0n) is 14.3. The standard InChI is InChI=1S/C17H28N4O2/c1-3-5-7-9-20-16(22)8-13-21(12-6-4-2)17(23)15-14-18-10-11-19-15/h10-11,14H,3-9,12-13H2,1-2H3,(H,20,22). The van der Waals surface area contributed by atoms with Crippen LogP contribution in [0.25, 0.3) is 0 Å². The molecule has 0 fully saturated rings. The first-order valence-corrected chi connectivity index (χ1v) is 8.51. The highest BCUT2D eigenvalue weighted by Gasteiger charge is 2.17. The first-order valence-electron chi connectivity index (χ1n) is 8.51. The van der Waals surface area contributed by atoms with Gasteiger partial charge in [0.05, 0.1) is 6.20 Å². The third-order valence-electron chi connectivity index (χ3n) is 3.56. The van der Waals surface area contributed by atoms with E-state index in [-0.39, 0.29) is 11.8 Å². The van der Waals surface area contributed by atoms with Crippen molar-refractivity contribution in [1.29, 1.82) is 0 Å². The van der Waals surface area contributed by atoms with E-state index in [9.17, 15) is 9.59 Å². The summed E-state index contributed by atoms with van der Waals surface area (Å²) in [4.78, 5) is 34.0. The van der Waals surface area contributed by atoms with E-state index in [1.807, 2.05) is 0 Å². The van der Waals surface area contributed by atoms with Crippen molar-refractivity contribution in [3.8, 4) is 0 Å². The monoisotopic (exact) mass is 320 g/mol. The van der Waals surface area contributed by atoms with E-state index >= 15 is 0 Å². The maximum absolute atomic E-state index is 12.5. The molecule has 128 valence electrons. The Hall–Kier alpha value is -1.98. The molecule has 0 aromatic carbocycles. The van der Waals surface area contributed by atoms with Crippen LogP contribution in [0.5, 0.6) is 0 Å². The van der Waals surface area contributed by atoms with Crippen LogP contribution in [0.2, 0.25) is 0 Å². The van der Waals surface area contributed by atoms with Gasteiger partial charge >= 0.3 is 0 Å². The molecule has 1 heterocycles. The van der Waals surface area contributed by atoms with Gasteiger partial charge in [-0.3, -0.25) is 14.6 Å². The fourth-order valence-corrected chi connectivity index (χ4v) is 2.16. The van der Waals surface area contributed by atoms with Crippen LogP contribution in [0.3, 0.4) is 0 Å². The lowest BCUT2D eigenvalue weighted by Gasteiger charge is -2.21. The molecule has 1 N–H and O–H groups in total. The van der Waals surface area contributed by atoms with Crippen molar-refractivity contribution in [2.24, 2.45) is 0 Å². The summed E-state index contributed by atoms with van der Waals surface area (Å²) in [6.45, 7) is 5.96. The summed E-state index contributed by atoms with van der Waals surface area (Å²) in [6.07, 6.45) is 9.98. The Morgan fingerprint density at radius 1 is 1.09 bits per heavy atom. The second-order valence-corrected chi connectivity index (χ2v) is 5.54. The molecule has 0 atom stereocenters. The number of hydrogen-bond donors (Lipinski definition) is 1. The number of nitrogens with zero attached hydrogens (tertiary/aromatic N) is 3. The van der Waals surface area contributed by atoms with Gasteiger partial charge in [-0.2, -0.15) is 0 Å². The molecule has 1 rings (SSSR count). The Balaban J connectivity index is 2.48. The topological polar surface area (TPSA) is 75.2 Å². The third kappa shape index (κ3) is 7.72. The fraction of sp³-hybridized carbons (Fsp3) is 0.647. The molecule has 1 aromatic heterocycles. The fourth-order valence-electron chi connectivity index (χ4n) is 2.16. The summed E-state index contributed by atoms with van der Waals surface area (Å²) in [7, 11) is 0. The molecule has 23 heavy (non-hydrogen) atoms. The SMILES string of the molecule is CCCCCNC(=O)CCN(CCCC)C(=O)c1cnccn1. The van der Waals surface area contributed by atoms with Crippen molar-refractivity contribution in [3.63, 3.8) is 0 Å². The predicted octanol–water partition coefficient (Wildman–Crippen LogP) is 2.42. The second kappa shape index (κ2) is 11.6. The molecular formula is C17H28N4O2. The third-order valence-corrected chi connectivity index (χ3v) is 3.56. The van der Waals surface area contributed by atoms with Crippen LogP contribution in [-0.2, 0) is 4.79 Å². The van der Waals surface area contributed by atoms with Crippen LogP contribution in [0.1, 0.15) is 62.9 Å². The first kappa shape index (κ1) is 19.1. The van der Waals surface area contributed by atoms with Gasteiger partial charge in [0.2, 0.25) is 5.91 Å². The highest BCUT2D eigenvalue weighted by atomic mass is 16.2. The molecule has 6 nitrogen and oxygen atoms in total. The van der Waals surface area contributed by atoms with E-state index in [0.717, 1.165) is 32.1 Å². The van der Waals surface area contributed by atoms with Crippen LogP contribution in [0, 0.1) is 0 Å². The maximum Gasteiger partial charge on any atom is 0.274 e. The quantitative estimate of drug-likeness (QED) is 0.635. The summed E-state index contributed by atoms with van der Waals surface area (Å²) in [5.74, 6) is -0.167. The van der Waals surface area contributed by atoms with Gasteiger partial charge in [-0.25, -0.2) is 4.98 Å². The molecule has 0 saturated heterocycles. The van der Waals surface area contributed by atoms with Gasteiger partial charge in [0.15, 0.2) is 0 Å². The summed E-state index contributed by atoms with van der Waals surface area (Å²) in [5.41, 5.74) is 0.326. The molecule has 2 amide bonds. The summed E-state index contributed by atoms with van der Waals surface area (Å²) in [6, 6.07) is 0. The van der Waals surface area contributed by atoms with Gasteiger partial charge in [0.25, 0.3) is 5.91 Å². The molecule has 6 heteroatoms. The summed E-state index contributed by atoms with van der Waals surface area (Å²) >= 11 is 0. The maximum atomic E-state index is 12.5. The largest absolute Gasteiger partial charge is 0.356 e. The predicted molar refractivity (Wildman–Crippen MR) is 90.0 cm³/mol. The first-order chi connectivity index (χ1) is 11.2. The van der Waals surface area contributed by atoms with Gasteiger partial charge in [0, 0.05) is 38.4 Å². The van der Waals surface area contributed by atoms with Gasteiger partial charge in [0.1, 0.15) is 5.69 Å². The van der Waals surface area contributed by atoms with E-state index in [1.165, 1.54) is 18.6 Å². The normalized spacial score (nSPS) is 10.3. The van der Waals surface area contributed by atoms with Gasteiger partial charge in [-0.1, -0.05) is 33.1 Å². The number of rotatable bonds is 11. The molecule has 0 unspecified atom stereocenters. The minimum absolute atomic E-state index is 0.00505. The Bertz CT molecular complexity index is 465. The van der Waals surface area contributed by atoms with Crippen LogP contribution in [-0.4, -0.2) is 46.3 Å². The van der Waals surface area contributed by atoms with E-state index in [2.05, 4.69) is 29.1 Å². The molecule has 0 bridgehead atoms. The summed E-state index contributed by atoms with van der Waals surface area (Å²) < 4.78 is 0. The number of nitrogens with one attached hydrogen (secondary N) is 1. The Morgan fingerprint density at radius 3 is 2.52 bits per heavy atom. The average Bonchev–Trinajstić information content (AvgIpc) is 2.59. The number of amides is 2. The number of carbonyl (C=O) groups is 2. The van der Waals surface area contributed by atoms with Gasteiger partial charge in [-0.05, 0) is 12.8 Å². The second-order valence-electron chi connectivity index (χ2n) is 5.54. The molecule has 0 spiro atoms. The smallest absolute Gasteiger partial charge is 0.274 e. The Labute approximate surface area is 138 Å². The molecule has 0 radical (unpaired) electrons. The summed E-state index contributed by atoms with van der Waals surface area (Å²) in [5, 5.41) is 2.90. The van der Waals surface area contributed by atoms with Crippen LogP contribution < -0.4 is 5.32 Å². The molecular weight excluding hydrogens is 292 g/mol. The average molecular weight is 320 g/mol. The van der Waals surface area contributed by atoms with Gasteiger partial charge in [-0.15, -0.1) is 0 Å². The number of carbonyl (C=O) groups excluding carboxylic acids is 2. The van der Waals surface area contributed by atoms with Crippen molar-refractivity contribution in [2.75, 3.05) is 19.6 Å². The highest BCUT2D eigenvalue weighted by Crippen LogP contribution is 2.04. The lowest BCUT2D eigenvalue weighted by atomic mass is 10.2. The lowest BCUT2D eigenvalue weighted by Crippen LogP contribution is -2.36. The molecule has 0 aliphatic carbocycles. The number of unbranched alkanes of at least 4 members (excludes halogenated alkanes) is 3. The van der Waals surface area contributed by atoms with Crippen LogP contribution in [0.4, 0.5) is 0 Å². The minimum Gasteiger partial charge on any atom is -0.356 e. The van der Waals surface area contributed by atoms with E-state index < -0.39 is 0 Å². The van der Waals surface area contributed by atoms with E-state index in [4.69, 9.17) is 0 Å². The lowest BCUT2D eigenvalue weighted by molar-refractivity contribution is -0.121. The number of aromatic nitrogens is 2. The Kier molecular flexibility index (Phi) is 9.59. The molecule has 0 aliphatic heterocycles. The van der Waals surface area contributed by atoms with Gasteiger partial charge < -0.3 is 10.2 Å². The highest BCUT2D eigenvalue weighted by molar-refractivity contribution is 5.92. The zero-order chi connectivity index (χ0) is 16.9. The van der Waals surface area contributed by atoms with Crippen molar-refractivity contribution >= 4 is 11.8 Å². The minimum atomic E-state index is -0.162. The van der Waals surface area contributed by atoms with Crippen LogP contribution >= 0.6 is 0 Å². The van der Waals surface area contributed by atoms with Crippen molar-refractivity contribution < 1.29 is 9.59 Å². The van der Waals surface area contributed by atoms with Crippen molar-refractivity contribution in [1.82, 2.24) is 20.2 Å². The van der Waals surface area contributed by atoms with Crippen molar-refractivity contribution in [2.45, 2.75) is 52.4 Å². The molecule has 0 saturated carbocycles. The Morgan fingerprint density at radius 2 is 1.87 bits per heavy atom. The van der Waals surface area contributed by atoms with Crippen molar-refractivity contribution in [3.05, 3.63) is 24.3 Å². The number of hydrogen-bond acceptors (Lipinski definition) is 4. The molecule has 0 aliphatic rings. The zero-order valence-corrected chi connectivity index (χ0v) is 14.3. The van der Waals surface area contributed by atoms with E-state index in [1.54, 1.807) is 4.90 Å². The van der Waals surface area contributed by atoms with E-state index in [0.29, 0.717) is 31.7 Å². The van der Waals surface area contributed by atoms with Crippen LogP contribution in [0.15, 0.2) is 18.6 Å². The molecule has 1 aromatic rings.